The van der Waals surface area contributed by atoms with E-state index in [4.69, 9.17) is 14.2 Å². The molecule has 1 N–H and O–H groups in total. The second-order valence-corrected chi connectivity index (χ2v) is 10.00. The van der Waals surface area contributed by atoms with Gasteiger partial charge in [0.25, 0.3) is 0 Å². The van der Waals surface area contributed by atoms with Crippen LogP contribution < -0.4 is 14.4 Å². The van der Waals surface area contributed by atoms with Crippen LogP contribution in [0.25, 0.3) is 0 Å². The molecule has 1 aliphatic rings. The number of aryl methyl sites for hydroxylation is 3. The maximum Gasteiger partial charge on any atom is 0.346 e. The molecule has 1 heterocycles. The van der Waals surface area contributed by atoms with Crippen molar-refractivity contribution in [2.75, 3.05) is 31.2 Å². The fourth-order valence-corrected chi connectivity index (χ4v) is 4.92. The summed E-state index contributed by atoms with van der Waals surface area (Å²) < 4.78 is 16.9. The number of fused-ring (bicyclic) bond motifs is 1. The maximum atomic E-state index is 11.8. The second kappa shape index (κ2) is 15.0. The van der Waals surface area contributed by atoms with E-state index in [-0.39, 0.29) is 12.5 Å². The maximum absolute atomic E-state index is 11.8. The number of rotatable bonds is 15. The molecular weight excluding hydrogens is 506 g/mol. The van der Waals surface area contributed by atoms with E-state index in [0.29, 0.717) is 44.8 Å². The van der Waals surface area contributed by atoms with Gasteiger partial charge in [0.2, 0.25) is 6.10 Å². The minimum absolute atomic E-state index is 0.237. The molecule has 0 amide bonds. The summed E-state index contributed by atoms with van der Waals surface area (Å²) >= 11 is 0. The Morgan fingerprint density at radius 3 is 2.42 bits per heavy atom. The van der Waals surface area contributed by atoms with Crippen LogP contribution in [0.3, 0.4) is 0 Å². The third kappa shape index (κ3) is 8.50. The Kier molecular flexibility index (Phi) is 10.8. The van der Waals surface area contributed by atoms with E-state index in [9.17, 15) is 14.7 Å². The first-order chi connectivity index (χ1) is 19.5. The summed E-state index contributed by atoms with van der Waals surface area (Å²) in [6.45, 7) is 3.63. The van der Waals surface area contributed by atoms with Gasteiger partial charge in [-0.1, -0.05) is 54.6 Å². The van der Waals surface area contributed by atoms with Gasteiger partial charge in [0, 0.05) is 13.0 Å². The monoisotopic (exact) mass is 545 g/mol. The van der Waals surface area contributed by atoms with Crippen molar-refractivity contribution in [2.24, 2.45) is 0 Å². The van der Waals surface area contributed by atoms with Crippen LogP contribution >= 0.6 is 0 Å². The number of esters is 1. The fourth-order valence-electron chi connectivity index (χ4n) is 4.92. The number of hydrogen-bond acceptors (Lipinski definition) is 6. The summed E-state index contributed by atoms with van der Waals surface area (Å²) in [5, 5.41) is 9.70. The van der Waals surface area contributed by atoms with Gasteiger partial charge in [-0.15, -0.1) is 0 Å². The zero-order valence-electron chi connectivity index (χ0n) is 23.2. The number of carboxylic acid groups (broad SMARTS) is 1. The lowest BCUT2D eigenvalue weighted by atomic mass is 10.0. The molecule has 1 atom stereocenters. The van der Waals surface area contributed by atoms with Crippen LogP contribution in [0.2, 0.25) is 0 Å². The first-order valence-corrected chi connectivity index (χ1v) is 14.2. The van der Waals surface area contributed by atoms with Crippen molar-refractivity contribution in [3.05, 3.63) is 89.5 Å². The minimum Gasteiger partial charge on any atom is -0.494 e. The highest BCUT2D eigenvalue weighted by atomic mass is 16.5. The van der Waals surface area contributed by atoms with Crippen LogP contribution in [-0.4, -0.2) is 49.5 Å². The molecule has 0 saturated heterocycles. The Balaban J connectivity index is 1.30. The molecule has 7 nitrogen and oxygen atoms in total. The number of aliphatic carboxylic acids is 1. The van der Waals surface area contributed by atoms with Gasteiger partial charge in [-0.05, 0) is 80.3 Å². The number of anilines is 1. The Hall–Kier alpha value is -4.00. The van der Waals surface area contributed by atoms with Crippen LogP contribution in [0.1, 0.15) is 49.3 Å². The predicted octanol–water partition coefficient (Wildman–Crippen LogP) is 5.87. The zero-order chi connectivity index (χ0) is 28.2. The van der Waals surface area contributed by atoms with Crippen LogP contribution in [0.4, 0.5) is 5.69 Å². The largest absolute Gasteiger partial charge is 0.494 e. The molecular formula is C33H39NO6. The highest BCUT2D eigenvalue weighted by Crippen LogP contribution is 2.37. The number of carbonyl (C=O) groups excluding carboxylic acids is 1. The van der Waals surface area contributed by atoms with Crippen molar-refractivity contribution >= 4 is 17.6 Å². The van der Waals surface area contributed by atoms with Crippen molar-refractivity contribution in [2.45, 2.75) is 58.0 Å². The SMILES string of the molecule is CCOC(=O)CCCN1CC(C(=O)O)Oc2c(CCc3ccc(OCCCCc4ccccc4)cc3)cccc21. The topological polar surface area (TPSA) is 85.3 Å². The lowest BCUT2D eigenvalue weighted by Gasteiger charge is -2.35. The van der Waals surface area contributed by atoms with Crippen LogP contribution in [0.5, 0.6) is 11.5 Å². The number of nitrogens with zero attached hydrogens (tertiary/aromatic N) is 1. The molecule has 40 heavy (non-hydrogen) atoms. The van der Waals surface area contributed by atoms with E-state index in [1.165, 1.54) is 11.1 Å². The molecule has 0 spiro atoms. The average Bonchev–Trinajstić information content (AvgIpc) is 2.97. The molecule has 212 valence electrons. The third-order valence-electron chi connectivity index (χ3n) is 7.03. The number of hydrogen-bond donors (Lipinski definition) is 1. The summed E-state index contributed by atoms with van der Waals surface area (Å²) in [4.78, 5) is 25.6. The summed E-state index contributed by atoms with van der Waals surface area (Å²) in [5.41, 5.74) is 4.37. The number of ether oxygens (including phenoxy) is 3. The first kappa shape index (κ1) is 29.0. The van der Waals surface area contributed by atoms with Gasteiger partial charge in [-0.25, -0.2) is 4.79 Å². The molecule has 4 rings (SSSR count). The molecule has 3 aromatic rings. The van der Waals surface area contributed by atoms with E-state index in [0.717, 1.165) is 42.7 Å². The van der Waals surface area contributed by atoms with E-state index < -0.39 is 12.1 Å². The number of benzene rings is 3. The van der Waals surface area contributed by atoms with Crippen molar-refractivity contribution in [1.29, 1.82) is 0 Å². The molecule has 3 aromatic carbocycles. The Morgan fingerprint density at radius 1 is 0.900 bits per heavy atom. The van der Waals surface area contributed by atoms with Crippen LogP contribution in [-0.2, 0) is 33.6 Å². The molecule has 0 saturated carbocycles. The summed E-state index contributed by atoms with van der Waals surface area (Å²) in [7, 11) is 0. The predicted molar refractivity (Wildman–Crippen MR) is 155 cm³/mol. The lowest BCUT2D eigenvalue weighted by molar-refractivity contribution is -0.145. The molecule has 0 fully saturated rings. The van der Waals surface area contributed by atoms with E-state index in [1.807, 2.05) is 41.3 Å². The van der Waals surface area contributed by atoms with E-state index >= 15 is 0 Å². The van der Waals surface area contributed by atoms with Gasteiger partial charge in [0.1, 0.15) is 11.5 Å². The Morgan fingerprint density at radius 2 is 1.68 bits per heavy atom. The second-order valence-electron chi connectivity index (χ2n) is 10.00. The molecule has 0 aromatic heterocycles. The Labute approximate surface area is 236 Å². The summed E-state index contributed by atoms with van der Waals surface area (Å²) in [6.07, 6.45) is 4.59. The van der Waals surface area contributed by atoms with Crippen molar-refractivity contribution < 1.29 is 28.9 Å². The minimum atomic E-state index is -0.994. The van der Waals surface area contributed by atoms with Gasteiger partial charge in [0.15, 0.2) is 0 Å². The molecule has 1 unspecified atom stereocenters. The first-order valence-electron chi connectivity index (χ1n) is 14.2. The molecule has 7 heteroatoms. The van der Waals surface area contributed by atoms with E-state index in [1.54, 1.807) is 6.92 Å². The molecule has 0 bridgehead atoms. The zero-order valence-corrected chi connectivity index (χ0v) is 23.2. The van der Waals surface area contributed by atoms with Crippen molar-refractivity contribution in [3.8, 4) is 11.5 Å². The van der Waals surface area contributed by atoms with Gasteiger partial charge in [-0.2, -0.15) is 0 Å². The highest BCUT2D eigenvalue weighted by molar-refractivity contribution is 5.77. The number of unbranched alkanes of at least 4 members (excludes halogenated alkanes) is 1. The fraction of sp³-hybridized carbons (Fsp3) is 0.394. The summed E-state index contributed by atoms with van der Waals surface area (Å²) in [5.74, 6) is 0.255. The number of para-hydroxylation sites is 1. The van der Waals surface area contributed by atoms with Gasteiger partial charge < -0.3 is 24.2 Å². The summed E-state index contributed by atoms with van der Waals surface area (Å²) in [6, 6.07) is 24.6. The van der Waals surface area contributed by atoms with Crippen molar-refractivity contribution in [1.82, 2.24) is 0 Å². The number of carbonyl (C=O) groups is 2. The van der Waals surface area contributed by atoms with Gasteiger partial charge in [-0.3, -0.25) is 4.79 Å². The van der Waals surface area contributed by atoms with Crippen LogP contribution in [0, 0.1) is 0 Å². The van der Waals surface area contributed by atoms with Gasteiger partial charge in [0.05, 0.1) is 25.4 Å². The molecule has 0 aliphatic carbocycles. The normalized spacial score (nSPS) is 14.2. The quantitative estimate of drug-likeness (QED) is 0.189. The average molecular weight is 546 g/mol. The van der Waals surface area contributed by atoms with Gasteiger partial charge >= 0.3 is 11.9 Å². The lowest BCUT2D eigenvalue weighted by Crippen LogP contribution is -2.45. The van der Waals surface area contributed by atoms with Crippen LogP contribution in [0.15, 0.2) is 72.8 Å². The smallest absolute Gasteiger partial charge is 0.346 e. The standard InChI is InChI=1S/C33H39NO6/c1-2-38-31(35)15-9-22-34-24-30(33(36)37)40-32-27(13-8-14-29(32)34)19-16-26-17-20-28(21-18-26)39-23-7-6-12-25-10-4-3-5-11-25/h3-5,8,10-11,13-14,17-18,20-21,30H,2,6-7,9,12,15-16,19,22-24H2,1H3,(H,36,37). The highest BCUT2D eigenvalue weighted by Gasteiger charge is 2.31. The van der Waals surface area contributed by atoms with E-state index in [2.05, 4.69) is 36.4 Å². The van der Waals surface area contributed by atoms with Crippen molar-refractivity contribution in [3.63, 3.8) is 0 Å². The number of carboxylic acids is 1. The molecule has 1 aliphatic heterocycles. The third-order valence-corrected chi connectivity index (χ3v) is 7.03. The Bertz CT molecular complexity index is 1230. The molecule has 0 radical (unpaired) electrons.